The zero-order chi connectivity index (χ0) is 23.7. The molecule has 5 rings (SSSR count). The van der Waals surface area contributed by atoms with Crippen molar-refractivity contribution in [3.8, 4) is 5.69 Å². The van der Waals surface area contributed by atoms with E-state index in [-0.39, 0.29) is 11.9 Å². The fourth-order valence-corrected chi connectivity index (χ4v) is 6.13. The van der Waals surface area contributed by atoms with E-state index in [1.807, 2.05) is 35.2 Å². The Bertz CT molecular complexity index is 1270. The molecule has 0 atom stereocenters. The zero-order valence-electron chi connectivity index (χ0n) is 20.1. The fourth-order valence-electron chi connectivity index (χ4n) is 5.08. The number of aromatic nitrogens is 1. The average Bonchev–Trinajstić information content (AvgIpc) is 3.29. The van der Waals surface area contributed by atoms with Crippen LogP contribution in [-0.4, -0.2) is 26.6 Å². The van der Waals surface area contributed by atoms with Gasteiger partial charge in [0.2, 0.25) is 0 Å². The minimum absolute atomic E-state index is 0.0898. The third kappa shape index (κ3) is 4.49. The Kier molecular flexibility index (Phi) is 6.46. The number of benzene rings is 2. The van der Waals surface area contributed by atoms with Gasteiger partial charge in [0.1, 0.15) is 0 Å². The van der Waals surface area contributed by atoms with Crippen LogP contribution in [0.1, 0.15) is 54.6 Å². The van der Waals surface area contributed by atoms with Gasteiger partial charge >= 0.3 is 0 Å². The van der Waals surface area contributed by atoms with Crippen LogP contribution in [0.5, 0.6) is 0 Å². The van der Waals surface area contributed by atoms with Crippen LogP contribution >= 0.6 is 11.8 Å². The maximum absolute atomic E-state index is 13.7. The molecule has 0 radical (unpaired) electrons. The lowest BCUT2D eigenvalue weighted by atomic mass is 9.94. The smallest absolute Gasteiger partial charge is 0.267 e. The lowest BCUT2D eigenvalue weighted by Gasteiger charge is -2.30. The highest BCUT2D eigenvalue weighted by Gasteiger charge is 2.38. The molecular formula is C29H31N3OS. The number of hydrogen-bond donors (Lipinski definition) is 0. The third-order valence-electron chi connectivity index (χ3n) is 6.77. The van der Waals surface area contributed by atoms with Gasteiger partial charge in [-0.05, 0) is 92.9 Å². The maximum Gasteiger partial charge on any atom is 0.267 e. The highest BCUT2D eigenvalue weighted by atomic mass is 32.2. The van der Waals surface area contributed by atoms with Crippen molar-refractivity contribution < 1.29 is 4.79 Å². The Morgan fingerprint density at radius 1 is 0.941 bits per heavy atom. The quantitative estimate of drug-likeness (QED) is 0.375. The topological polar surface area (TPSA) is 37.6 Å². The SMILES string of the molecule is Cc1cccc(-n2c(C)cc(/C=C3/SC(=Nc4ccccc4)N(C4CCCCC4)C3=O)c2C)c1. The summed E-state index contributed by atoms with van der Waals surface area (Å²) in [5.74, 6) is 0.0898. The first-order valence-electron chi connectivity index (χ1n) is 12.1. The number of carbonyl (C=O) groups is 1. The Labute approximate surface area is 206 Å². The molecule has 1 saturated carbocycles. The van der Waals surface area contributed by atoms with Crippen molar-refractivity contribution in [2.75, 3.05) is 0 Å². The molecule has 0 N–H and O–H groups in total. The third-order valence-corrected chi connectivity index (χ3v) is 7.76. The van der Waals surface area contributed by atoms with Crippen molar-refractivity contribution >= 4 is 34.6 Å². The molecule has 0 bridgehead atoms. The van der Waals surface area contributed by atoms with E-state index >= 15 is 0 Å². The summed E-state index contributed by atoms with van der Waals surface area (Å²) in [4.78, 5) is 21.3. The summed E-state index contributed by atoms with van der Waals surface area (Å²) in [6.45, 7) is 6.36. The van der Waals surface area contributed by atoms with Crippen molar-refractivity contribution in [1.29, 1.82) is 0 Å². The van der Waals surface area contributed by atoms with Crippen LogP contribution in [0.3, 0.4) is 0 Å². The van der Waals surface area contributed by atoms with Gasteiger partial charge in [-0.2, -0.15) is 0 Å². The molecule has 3 aromatic rings. The van der Waals surface area contributed by atoms with Gasteiger partial charge in [0.15, 0.2) is 5.17 Å². The minimum Gasteiger partial charge on any atom is -0.318 e. The molecule has 174 valence electrons. The summed E-state index contributed by atoms with van der Waals surface area (Å²) in [7, 11) is 0. The molecule has 34 heavy (non-hydrogen) atoms. The van der Waals surface area contributed by atoms with E-state index in [1.165, 1.54) is 36.6 Å². The fraction of sp³-hybridized carbons (Fsp3) is 0.310. The second-order valence-electron chi connectivity index (χ2n) is 9.31. The van der Waals surface area contributed by atoms with Crippen molar-refractivity contribution in [3.63, 3.8) is 0 Å². The van der Waals surface area contributed by atoms with Gasteiger partial charge in [-0.25, -0.2) is 4.99 Å². The number of aryl methyl sites for hydroxylation is 2. The molecule has 1 aliphatic carbocycles. The molecule has 1 aliphatic heterocycles. The van der Waals surface area contributed by atoms with E-state index in [4.69, 9.17) is 4.99 Å². The van der Waals surface area contributed by atoms with Gasteiger partial charge in [-0.3, -0.25) is 9.69 Å². The predicted molar refractivity (Wildman–Crippen MR) is 143 cm³/mol. The Hall–Kier alpha value is -3.05. The molecular weight excluding hydrogens is 438 g/mol. The number of nitrogens with zero attached hydrogens (tertiary/aromatic N) is 3. The maximum atomic E-state index is 13.7. The van der Waals surface area contributed by atoms with E-state index in [1.54, 1.807) is 0 Å². The number of aliphatic imine (C=N–C) groups is 1. The molecule has 4 nitrogen and oxygen atoms in total. The molecule has 1 amide bonds. The molecule has 0 unspecified atom stereocenters. The second kappa shape index (κ2) is 9.67. The first kappa shape index (κ1) is 22.7. The minimum atomic E-state index is 0.0898. The van der Waals surface area contributed by atoms with Gasteiger partial charge in [-0.15, -0.1) is 0 Å². The number of amides is 1. The highest BCUT2D eigenvalue weighted by Crippen LogP contribution is 2.39. The standard InChI is InChI=1S/C29H31N3OS/c1-20-11-10-16-26(17-20)31-21(2)18-23(22(31)3)19-27-28(33)32(25-14-8-5-9-15-25)29(34-27)30-24-12-6-4-7-13-24/h4,6-7,10-13,16-19,25H,5,8-9,14-15H2,1-3H3/b27-19+,30-29?. The van der Waals surface area contributed by atoms with Gasteiger partial charge in [0.25, 0.3) is 5.91 Å². The van der Waals surface area contributed by atoms with Crippen molar-refractivity contribution in [2.24, 2.45) is 4.99 Å². The largest absolute Gasteiger partial charge is 0.318 e. The Morgan fingerprint density at radius 3 is 2.44 bits per heavy atom. The summed E-state index contributed by atoms with van der Waals surface area (Å²) in [5, 5.41) is 0.807. The van der Waals surface area contributed by atoms with Gasteiger partial charge in [0.05, 0.1) is 10.6 Å². The Morgan fingerprint density at radius 2 is 1.71 bits per heavy atom. The average molecular weight is 470 g/mol. The van der Waals surface area contributed by atoms with Gasteiger partial charge in [0, 0.05) is 23.1 Å². The van der Waals surface area contributed by atoms with E-state index in [0.29, 0.717) is 0 Å². The van der Waals surface area contributed by atoms with Crippen LogP contribution in [-0.2, 0) is 4.79 Å². The zero-order valence-corrected chi connectivity index (χ0v) is 20.9. The van der Waals surface area contributed by atoms with Crippen LogP contribution in [0, 0.1) is 20.8 Å². The number of hydrogen-bond acceptors (Lipinski definition) is 3. The van der Waals surface area contributed by atoms with Crippen molar-refractivity contribution in [1.82, 2.24) is 9.47 Å². The van der Waals surface area contributed by atoms with E-state index in [2.05, 4.69) is 61.7 Å². The lowest BCUT2D eigenvalue weighted by molar-refractivity contribution is -0.124. The first-order valence-corrected chi connectivity index (χ1v) is 13.0. The second-order valence-corrected chi connectivity index (χ2v) is 10.3. The number of para-hydroxylation sites is 1. The molecule has 0 spiro atoms. The van der Waals surface area contributed by atoms with Crippen LogP contribution in [0.25, 0.3) is 11.8 Å². The normalized spacial score (nSPS) is 19.5. The monoisotopic (exact) mass is 469 g/mol. The predicted octanol–water partition coefficient (Wildman–Crippen LogP) is 7.34. The number of rotatable bonds is 4. The van der Waals surface area contributed by atoms with Crippen LogP contribution in [0.2, 0.25) is 0 Å². The molecule has 2 heterocycles. The van der Waals surface area contributed by atoms with Gasteiger partial charge < -0.3 is 4.57 Å². The van der Waals surface area contributed by atoms with E-state index < -0.39 is 0 Å². The number of amidine groups is 1. The van der Waals surface area contributed by atoms with Gasteiger partial charge in [-0.1, -0.05) is 49.6 Å². The van der Waals surface area contributed by atoms with Crippen LogP contribution in [0.15, 0.2) is 70.6 Å². The highest BCUT2D eigenvalue weighted by molar-refractivity contribution is 8.18. The lowest BCUT2D eigenvalue weighted by Crippen LogP contribution is -2.40. The van der Waals surface area contributed by atoms with Crippen LogP contribution in [0.4, 0.5) is 5.69 Å². The van der Waals surface area contributed by atoms with E-state index in [9.17, 15) is 4.79 Å². The van der Waals surface area contributed by atoms with E-state index in [0.717, 1.165) is 51.2 Å². The summed E-state index contributed by atoms with van der Waals surface area (Å²) in [6.07, 6.45) is 7.77. The molecule has 1 saturated heterocycles. The summed E-state index contributed by atoms with van der Waals surface area (Å²) in [6, 6.07) is 20.9. The molecule has 2 aromatic carbocycles. The summed E-state index contributed by atoms with van der Waals surface area (Å²) in [5.41, 5.74) is 6.66. The molecule has 1 aromatic heterocycles. The molecule has 5 heteroatoms. The Balaban J connectivity index is 1.53. The number of thioether (sulfide) groups is 1. The van der Waals surface area contributed by atoms with Crippen molar-refractivity contribution in [2.45, 2.75) is 58.9 Å². The first-order chi connectivity index (χ1) is 16.5. The number of carbonyl (C=O) groups excluding carboxylic acids is 1. The van der Waals surface area contributed by atoms with Crippen LogP contribution < -0.4 is 0 Å². The van der Waals surface area contributed by atoms with Crippen molar-refractivity contribution in [3.05, 3.63) is 88.1 Å². The summed E-state index contributed by atoms with van der Waals surface area (Å²) < 4.78 is 2.27. The molecule has 2 aliphatic rings. The summed E-state index contributed by atoms with van der Waals surface area (Å²) >= 11 is 1.51. The molecule has 2 fully saturated rings.